The van der Waals surface area contributed by atoms with Crippen LogP contribution in [0.15, 0.2) is 22.8 Å². The number of fused-ring (bicyclic) bond motifs is 3. The van der Waals surface area contributed by atoms with E-state index in [1.807, 2.05) is 0 Å². The van der Waals surface area contributed by atoms with Crippen molar-refractivity contribution in [3.05, 3.63) is 34.1 Å². The highest BCUT2D eigenvalue weighted by Gasteiger charge is 2.31. The van der Waals surface area contributed by atoms with Gasteiger partial charge in [0.1, 0.15) is 4.60 Å². The Kier molecular flexibility index (Phi) is 3.02. The summed E-state index contributed by atoms with van der Waals surface area (Å²) in [6.45, 7) is 0.471. The van der Waals surface area contributed by atoms with Crippen LogP contribution >= 0.6 is 15.9 Å². The summed E-state index contributed by atoms with van der Waals surface area (Å²) in [5, 5.41) is 0. The quantitative estimate of drug-likeness (QED) is 0.749. The molecule has 0 saturated heterocycles. The molecule has 106 valence electrons. The summed E-state index contributed by atoms with van der Waals surface area (Å²) < 4.78 is 40.5. The Morgan fingerprint density at radius 2 is 2.10 bits per heavy atom. The molecular formula is C12H10BrF3N4. The van der Waals surface area contributed by atoms with E-state index in [1.54, 1.807) is 4.40 Å². The third-order valence-electron chi connectivity index (χ3n) is 3.08. The van der Waals surface area contributed by atoms with Gasteiger partial charge < -0.3 is 10.7 Å². The monoisotopic (exact) mass is 346 g/mol. The van der Waals surface area contributed by atoms with Gasteiger partial charge in [0.2, 0.25) is 5.78 Å². The topological polar surface area (TPSA) is 59.1 Å². The van der Waals surface area contributed by atoms with Crippen LogP contribution in [-0.4, -0.2) is 20.9 Å². The average molecular weight is 347 g/mol. The summed E-state index contributed by atoms with van der Waals surface area (Å²) in [4.78, 5) is 7.25. The van der Waals surface area contributed by atoms with E-state index in [0.717, 1.165) is 22.4 Å². The highest BCUT2D eigenvalue weighted by molar-refractivity contribution is 9.10. The van der Waals surface area contributed by atoms with E-state index >= 15 is 0 Å². The standard InChI is InChI=1S/C12H10BrF3N4/c13-10-7(3-4-17)18-11-19-8-5-6(12(14,15)16)1-2-9(8)20(10)11/h1-2,5H,3-4,17H2,(H,18,19). The number of hydrogen-bond acceptors (Lipinski definition) is 2. The number of H-pyrrole nitrogens is 1. The molecule has 3 rings (SSSR count). The molecule has 0 saturated carbocycles. The van der Waals surface area contributed by atoms with Crippen LogP contribution in [0.25, 0.3) is 16.8 Å². The predicted octanol–water partition coefficient (Wildman–Crippen LogP) is 3.10. The van der Waals surface area contributed by atoms with E-state index in [-0.39, 0.29) is 0 Å². The minimum atomic E-state index is -4.37. The molecule has 4 nitrogen and oxygen atoms in total. The van der Waals surface area contributed by atoms with Crippen molar-refractivity contribution in [2.45, 2.75) is 12.6 Å². The maximum absolute atomic E-state index is 12.7. The van der Waals surface area contributed by atoms with Crippen LogP contribution in [0.5, 0.6) is 0 Å². The summed E-state index contributed by atoms with van der Waals surface area (Å²) in [5.74, 6) is 0.495. The molecular weight excluding hydrogens is 337 g/mol. The van der Waals surface area contributed by atoms with Gasteiger partial charge in [-0.1, -0.05) is 0 Å². The zero-order chi connectivity index (χ0) is 14.5. The number of nitrogens with two attached hydrogens (primary N) is 1. The van der Waals surface area contributed by atoms with Crippen molar-refractivity contribution in [1.29, 1.82) is 0 Å². The van der Waals surface area contributed by atoms with Gasteiger partial charge in [-0.05, 0) is 40.7 Å². The molecule has 0 radical (unpaired) electrons. The number of aromatic nitrogens is 3. The molecule has 3 N–H and O–H groups in total. The van der Waals surface area contributed by atoms with Gasteiger partial charge in [-0.25, -0.2) is 4.98 Å². The number of aromatic amines is 1. The molecule has 0 aliphatic heterocycles. The van der Waals surface area contributed by atoms with Gasteiger partial charge in [-0.15, -0.1) is 0 Å². The van der Waals surface area contributed by atoms with E-state index in [4.69, 9.17) is 5.73 Å². The van der Waals surface area contributed by atoms with Crippen molar-refractivity contribution in [3.8, 4) is 0 Å². The Bertz CT molecular complexity index is 787. The molecule has 1 aromatic carbocycles. The van der Waals surface area contributed by atoms with Crippen LogP contribution < -0.4 is 5.73 Å². The lowest BCUT2D eigenvalue weighted by Crippen LogP contribution is -2.04. The molecule has 2 heterocycles. The number of rotatable bonds is 2. The third kappa shape index (κ3) is 1.99. The summed E-state index contributed by atoms with van der Waals surface area (Å²) in [5.41, 5.74) is 6.58. The fourth-order valence-corrected chi connectivity index (χ4v) is 2.83. The molecule has 0 aliphatic carbocycles. The van der Waals surface area contributed by atoms with E-state index in [1.165, 1.54) is 6.07 Å². The van der Waals surface area contributed by atoms with Crippen LogP contribution in [0.3, 0.4) is 0 Å². The van der Waals surface area contributed by atoms with Crippen LogP contribution in [-0.2, 0) is 12.6 Å². The van der Waals surface area contributed by atoms with Crippen molar-refractivity contribution in [2.24, 2.45) is 5.73 Å². The molecule has 0 fully saturated rings. The number of nitrogens with one attached hydrogen (secondary N) is 1. The van der Waals surface area contributed by atoms with E-state index in [0.29, 0.717) is 29.8 Å². The fraction of sp³-hybridized carbons (Fsp3) is 0.250. The number of hydrogen-bond donors (Lipinski definition) is 2. The normalized spacial score (nSPS) is 12.7. The Hall–Kier alpha value is -1.54. The SMILES string of the molecule is NCCc1[nH]c2nc3cc(C(F)(F)F)ccc3n2c1Br. The molecule has 0 unspecified atom stereocenters. The maximum Gasteiger partial charge on any atom is 0.416 e. The number of nitrogens with zero attached hydrogens (tertiary/aromatic N) is 2. The smallest absolute Gasteiger partial charge is 0.330 e. The third-order valence-corrected chi connectivity index (χ3v) is 3.92. The van der Waals surface area contributed by atoms with Crippen LogP contribution in [0.4, 0.5) is 13.2 Å². The summed E-state index contributed by atoms with van der Waals surface area (Å²) in [6, 6.07) is 3.52. The lowest BCUT2D eigenvalue weighted by Gasteiger charge is -2.05. The van der Waals surface area contributed by atoms with Gasteiger partial charge in [-0.3, -0.25) is 4.40 Å². The molecule has 0 spiro atoms. The minimum Gasteiger partial charge on any atom is -0.330 e. The molecule has 0 atom stereocenters. The maximum atomic E-state index is 12.7. The molecule has 0 aliphatic rings. The summed E-state index contributed by atoms with van der Waals surface area (Å²) in [6.07, 6.45) is -3.74. The highest BCUT2D eigenvalue weighted by Crippen LogP contribution is 2.32. The number of benzene rings is 1. The molecule has 0 amide bonds. The van der Waals surface area contributed by atoms with Crippen molar-refractivity contribution in [3.63, 3.8) is 0 Å². The highest BCUT2D eigenvalue weighted by atomic mass is 79.9. The van der Waals surface area contributed by atoms with Gasteiger partial charge in [0, 0.05) is 6.42 Å². The number of imidazole rings is 2. The lowest BCUT2D eigenvalue weighted by molar-refractivity contribution is -0.137. The molecule has 20 heavy (non-hydrogen) atoms. The molecule has 2 aromatic heterocycles. The largest absolute Gasteiger partial charge is 0.416 e. The van der Waals surface area contributed by atoms with Crippen molar-refractivity contribution < 1.29 is 13.2 Å². The second kappa shape index (κ2) is 4.49. The van der Waals surface area contributed by atoms with Gasteiger partial charge >= 0.3 is 6.18 Å². The summed E-state index contributed by atoms with van der Waals surface area (Å²) >= 11 is 3.43. The zero-order valence-electron chi connectivity index (χ0n) is 10.1. The molecule has 0 bridgehead atoms. The second-order valence-corrected chi connectivity index (χ2v) is 5.16. The first-order chi connectivity index (χ1) is 9.41. The van der Waals surface area contributed by atoms with E-state index in [2.05, 4.69) is 25.9 Å². The van der Waals surface area contributed by atoms with Gasteiger partial charge in [-0.2, -0.15) is 13.2 Å². The molecule has 3 aromatic rings. The second-order valence-electron chi connectivity index (χ2n) is 4.41. The Balaban J connectivity index is 2.23. The Morgan fingerprint density at radius 3 is 2.75 bits per heavy atom. The van der Waals surface area contributed by atoms with Crippen molar-refractivity contribution in [2.75, 3.05) is 6.54 Å². The van der Waals surface area contributed by atoms with E-state index < -0.39 is 11.7 Å². The Morgan fingerprint density at radius 1 is 1.35 bits per heavy atom. The van der Waals surface area contributed by atoms with Crippen LogP contribution in [0.1, 0.15) is 11.3 Å². The predicted molar refractivity (Wildman–Crippen MR) is 72.5 cm³/mol. The molecule has 8 heteroatoms. The van der Waals surface area contributed by atoms with Crippen LogP contribution in [0.2, 0.25) is 0 Å². The van der Waals surface area contributed by atoms with Crippen LogP contribution in [0, 0.1) is 0 Å². The van der Waals surface area contributed by atoms with Crippen molar-refractivity contribution in [1.82, 2.24) is 14.4 Å². The first kappa shape index (κ1) is 13.4. The average Bonchev–Trinajstić information content (AvgIpc) is 2.86. The Labute approximate surface area is 119 Å². The first-order valence-corrected chi connectivity index (χ1v) is 6.67. The first-order valence-electron chi connectivity index (χ1n) is 5.87. The number of halogens is 4. The zero-order valence-corrected chi connectivity index (χ0v) is 11.7. The van der Waals surface area contributed by atoms with Gasteiger partial charge in [0.15, 0.2) is 0 Å². The summed E-state index contributed by atoms with van der Waals surface area (Å²) in [7, 11) is 0. The number of alkyl halides is 3. The van der Waals surface area contributed by atoms with Gasteiger partial charge in [0.05, 0.1) is 22.3 Å². The fourth-order valence-electron chi connectivity index (χ4n) is 2.17. The van der Waals surface area contributed by atoms with E-state index in [9.17, 15) is 13.2 Å². The lowest BCUT2D eigenvalue weighted by atomic mass is 10.2. The van der Waals surface area contributed by atoms with Gasteiger partial charge in [0.25, 0.3) is 0 Å². The van der Waals surface area contributed by atoms with Crippen molar-refractivity contribution >= 4 is 32.7 Å². The minimum absolute atomic E-state index is 0.297.